The molecule has 1 unspecified atom stereocenters. The zero-order valence-electron chi connectivity index (χ0n) is 13.1. The number of piperazine rings is 1. The molecule has 5 heteroatoms. The fraction of sp³-hybridized carbons (Fsp3) is 0.867. The van der Waals surface area contributed by atoms with Gasteiger partial charge in [0.1, 0.15) is 0 Å². The molecule has 2 N–H and O–H groups in total. The summed E-state index contributed by atoms with van der Waals surface area (Å²) in [4.78, 5) is 17.4. The van der Waals surface area contributed by atoms with Crippen molar-refractivity contribution in [3.05, 3.63) is 0 Å². The number of amides is 1. The van der Waals surface area contributed by atoms with Crippen molar-refractivity contribution in [2.24, 2.45) is 11.7 Å². The van der Waals surface area contributed by atoms with Gasteiger partial charge in [-0.15, -0.1) is 0 Å². The number of hydrogen-bond donors (Lipinski definition) is 1. The van der Waals surface area contributed by atoms with Crippen LogP contribution >= 0.6 is 12.2 Å². The molecule has 1 amide bonds. The van der Waals surface area contributed by atoms with Gasteiger partial charge in [-0.1, -0.05) is 38.9 Å². The lowest BCUT2D eigenvalue weighted by molar-refractivity contribution is -0.138. The minimum absolute atomic E-state index is 0.129. The van der Waals surface area contributed by atoms with Gasteiger partial charge in [-0.2, -0.15) is 0 Å². The van der Waals surface area contributed by atoms with Crippen molar-refractivity contribution < 1.29 is 4.79 Å². The molecule has 1 heterocycles. The molecule has 0 bridgehead atoms. The topological polar surface area (TPSA) is 49.6 Å². The Balaban J connectivity index is 2.51. The van der Waals surface area contributed by atoms with E-state index in [1.54, 1.807) is 0 Å². The molecule has 1 aliphatic rings. The normalized spacial score (nSPS) is 18.3. The quantitative estimate of drug-likeness (QED) is 0.731. The standard InChI is InChI=1S/C15H29N3OS/c1-4-6-13(7-5-2)15(19)18-10-8-17(9-11-18)12(3)14(16)20/h12-13H,4-11H2,1-3H3,(H2,16,20). The highest BCUT2D eigenvalue weighted by Crippen LogP contribution is 2.18. The highest BCUT2D eigenvalue weighted by atomic mass is 32.1. The first-order valence-electron chi connectivity index (χ1n) is 7.83. The summed E-state index contributed by atoms with van der Waals surface area (Å²) in [6, 6.07) is 0.129. The fourth-order valence-electron chi connectivity index (χ4n) is 2.86. The molecule has 0 aromatic carbocycles. The molecular weight excluding hydrogens is 270 g/mol. The summed E-state index contributed by atoms with van der Waals surface area (Å²) in [7, 11) is 0. The second-order valence-corrected chi connectivity index (χ2v) is 6.19. The van der Waals surface area contributed by atoms with Crippen LogP contribution in [0.3, 0.4) is 0 Å². The molecule has 1 atom stereocenters. The van der Waals surface area contributed by atoms with E-state index in [2.05, 4.69) is 18.7 Å². The maximum Gasteiger partial charge on any atom is 0.225 e. The van der Waals surface area contributed by atoms with Crippen LogP contribution in [0.15, 0.2) is 0 Å². The average Bonchev–Trinajstić information content (AvgIpc) is 2.45. The molecule has 0 spiro atoms. The van der Waals surface area contributed by atoms with Crippen LogP contribution in [-0.2, 0) is 4.79 Å². The molecule has 116 valence electrons. The van der Waals surface area contributed by atoms with Crippen LogP contribution in [0.2, 0.25) is 0 Å². The van der Waals surface area contributed by atoms with E-state index < -0.39 is 0 Å². The Hall–Kier alpha value is -0.680. The van der Waals surface area contributed by atoms with E-state index in [0.29, 0.717) is 10.9 Å². The van der Waals surface area contributed by atoms with Crippen molar-refractivity contribution in [1.29, 1.82) is 0 Å². The number of carbonyl (C=O) groups excluding carboxylic acids is 1. The summed E-state index contributed by atoms with van der Waals surface area (Å²) < 4.78 is 0. The maximum atomic E-state index is 12.5. The molecule has 4 nitrogen and oxygen atoms in total. The minimum Gasteiger partial charge on any atom is -0.392 e. The van der Waals surface area contributed by atoms with Crippen LogP contribution in [0.5, 0.6) is 0 Å². The Morgan fingerprint density at radius 2 is 1.65 bits per heavy atom. The van der Waals surface area contributed by atoms with Gasteiger partial charge in [-0.25, -0.2) is 0 Å². The van der Waals surface area contributed by atoms with Gasteiger partial charge in [0.25, 0.3) is 0 Å². The van der Waals surface area contributed by atoms with Gasteiger partial charge in [0.2, 0.25) is 5.91 Å². The summed E-state index contributed by atoms with van der Waals surface area (Å²) in [5.74, 6) is 0.556. The molecule has 0 aliphatic carbocycles. The number of nitrogens with zero attached hydrogens (tertiary/aromatic N) is 2. The Morgan fingerprint density at radius 3 is 2.05 bits per heavy atom. The first kappa shape index (κ1) is 17.4. The van der Waals surface area contributed by atoms with E-state index in [1.165, 1.54) is 0 Å². The number of carbonyl (C=O) groups is 1. The largest absolute Gasteiger partial charge is 0.392 e. The van der Waals surface area contributed by atoms with Crippen LogP contribution in [0, 0.1) is 5.92 Å². The van der Waals surface area contributed by atoms with Gasteiger partial charge in [-0.3, -0.25) is 9.69 Å². The summed E-state index contributed by atoms with van der Waals surface area (Å²) >= 11 is 5.05. The lowest BCUT2D eigenvalue weighted by Crippen LogP contribution is -2.54. The summed E-state index contributed by atoms with van der Waals surface area (Å²) in [6.07, 6.45) is 4.18. The van der Waals surface area contributed by atoms with E-state index >= 15 is 0 Å². The number of nitrogens with two attached hydrogens (primary N) is 1. The molecule has 0 radical (unpaired) electrons. The van der Waals surface area contributed by atoms with Gasteiger partial charge in [0.05, 0.1) is 11.0 Å². The van der Waals surface area contributed by atoms with E-state index in [4.69, 9.17) is 18.0 Å². The third-order valence-corrected chi connectivity index (χ3v) is 4.55. The summed E-state index contributed by atoms with van der Waals surface area (Å²) in [5, 5.41) is 0. The minimum atomic E-state index is 0.129. The highest BCUT2D eigenvalue weighted by molar-refractivity contribution is 7.80. The summed E-state index contributed by atoms with van der Waals surface area (Å²) in [5.41, 5.74) is 5.70. The van der Waals surface area contributed by atoms with E-state index in [0.717, 1.165) is 51.9 Å². The highest BCUT2D eigenvalue weighted by Gasteiger charge is 2.28. The van der Waals surface area contributed by atoms with Gasteiger partial charge in [0, 0.05) is 32.1 Å². The second-order valence-electron chi connectivity index (χ2n) is 5.71. The molecule has 1 rings (SSSR count). The van der Waals surface area contributed by atoms with Crippen LogP contribution in [0.4, 0.5) is 0 Å². The Labute approximate surface area is 128 Å². The molecule has 0 aromatic heterocycles. The molecule has 1 saturated heterocycles. The van der Waals surface area contributed by atoms with Crippen molar-refractivity contribution in [2.45, 2.75) is 52.5 Å². The Kier molecular flexibility index (Phi) is 7.45. The Bertz CT molecular complexity index is 321. The van der Waals surface area contributed by atoms with Crippen molar-refractivity contribution in [3.63, 3.8) is 0 Å². The molecule has 1 aliphatic heterocycles. The van der Waals surface area contributed by atoms with Gasteiger partial charge in [-0.05, 0) is 19.8 Å². The lowest BCUT2D eigenvalue weighted by Gasteiger charge is -2.39. The van der Waals surface area contributed by atoms with Crippen molar-refractivity contribution in [2.75, 3.05) is 26.2 Å². The zero-order valence-corrected chi connectivity index (χ0v) is 13.9. The SMILES string of the molecule is CCCC(CCC)C(=O)N1CCN(C(C)C(N)=S)CC1. The van der Waals surface area contributed by atoms with Gasteiger partial charge < -0.3 is 10.6 Å². The first-order valence-corrected chi connectivity index (χ1v) is 8.24. The third kappa shape index (κ3) is 4.70. The van der Waals surface area contributed by atoms with E-state index in [9.17, 15) is 4.79 Å². The number of hydrogen-bond acceptors (Lipinski definition) is 3. The monoisotopic (exact) mass is 299 g/mol. The number of thiocarbonyl (C=S) groups is 1. The van der Waals surface area contributed by atoms with Crippen molar-refractivity contribution in [3.8, 4) is 0 Å². The van der Waals surface area contributed by atoms with Crippen molar-refractivity contribution in [1.82, 2.24) is 9.80 Å². The van der Waals surface area contributed by atoms with Crippen LogP contribution in [0.1, 0.15) is 46.5 Å². The van der Waals surface area contributed by atoms with E-state index in [1.807, 2.05) is 11.8 Å². The first-order chi connectivity index (χ1) is 9.51. The molecule has 0 aromatic rings. The van der Waals surface area contributed by atoms with E-state index in [-0.39, 0.29) is 12.0 Å². The molecule has 20 heavy (non-hydrogen) atoms. The predicted molar refractivity (Wildman–Crippen MR) is 87.7 cm³/mol. The predicted octanol–water partition coefficient (Wildman–Crippen LogP) is 2.02. The van der Waals surface area contributed by atoms with Crippen LogP contribution in [0.25, 0.3) is 0 Å². The molecular formula is C15H29N3OS. The van der Waals surface area contributed by atoms with Gasteiger partial charge >= 0.3 is 0 Å². The number of rotatable bonds is 7. The van der Waals surface area contributed by atoms with Crippen molar-refractivity contribution >= 4 is 23.1 Å². The smallest absolute Gasteiger partial charge is 0.225 e. The fourth-order valence-corrected chi connectivity index (χ4v) is 3.01. The molecule has 1 fully saturated rings. The summed E-state index contributed by atoms with van der Waals surface area (Å²) in [6.45, 7) is 9.68. The van der Waals surface area contributed by atoms with Gasteiger partial charge in [0.15, 0.2) is 0 Å². The maximum absolute atomic E-state index is 12.5. The third-order valence-electron chi connectivity index (χ3n) is 4.21. The lowest BCUT2D eigenvalue weighted by atomic mass is 9.96. The average molecular weight is 299 g/mol. The Morgan fingerprint density at radius 1 is 1.15 bits per heavy atom. The van der Waals surface area contributed by atoms with Crippen LogP contribution < -0.4 is 5.73 Å². The molecule has 0 saturated carbocycles. The van der Waals surface area contributed by atoms with Crippen LogP contribution in [-0.4, -0.2) is 52.9 Å². The zero-order chi connectivity index (χ0) is 15.1. The second kappa shape index (κ2) is 8.57.